The van der Waals surface area contributed by atoms with Gasteiger partial charge >= 0.3 is 5.97 Å². The van der Waals surface area contributed by atoms with Crippen molar-refractivity contribution in [2.75, 3.05) is 19.6 Å². The van der Waals surface area contributed by atoms with Crippen LogP contribution in [0.5, 0.6) is 5.75 Å². The fourth-order valence-electron chi connectivity index (χ4n) is 3.65. The molecule has 2 aromatic rings. The summed E-state index contributed by atoms with van der Waals surface area (Å²) in [6.07, 6.45) is 3.01. The number of halogens is 1. The Hall–Kier alpha value is -2.67. The molecule has 7 heteroatoms. The molecule has 0 aliphatic carbocycles. The summed E-state index contributed by atoms with van der Waals surface area (Å²) in [6, 6.07) is 14.6. The van der Waals surface area contributed by atoms with Gasteiger partial charge in [-0.1, -0.05) is 34.1 Å². The number of likely N-dealkylation sites (tertiary alicyclic amines) is 1. The van der Waals surface area contributed by atoms with E-state index in [-0.39, 0.29) is 11.8 Å². The van der Waals surface area contributed by atoms with Gasteiger partial charge in [0.25, 0.3) is 5.91 Å². The average molecular weight is 487 g/mol. The molecular weight excluding hydrogens is 460 g/mol. The summed E-state index contributed by atoms with van der Waals surface area (Å²) in [5.74, 6) is 0.275. The van der Waals surface area contributed by atoms with Crippen LogP contribution in [0.2, 0.25) is 0 Å². The number of hydrogen-bond donors (Lipinski definition) is 1. The van der Waals surface area contributed by atoms with Gasteiger partial charge in [0, 0.05) is 43.0 Å². The number of hydrogen-bond acceptors (Lipinski definition) is 4. The summed E-state index contributed by atoms with van der Waals surface area (Å²) < 4.78 is 6.06. The van der Waals surface area contributed by atoms with Gasteiger partial charge in [0.1, 0.15) is 5.75 Å². The molecule has 0 spiro atoms. The lowest BCUT2D eigenvalue weighted by molar-refractivity contribution is -0.133. The van der Waals surface area contributed by atoms with Crippen LogP contribution in [0.25, 0.3) is 0 Å². The van der Waals surface area contributed by atoms with Crippen molar-refractivity contribution in [3.63, 3.8) is 0 Å². The maximum Gasteiger partial charge on any atom is 0.308 e. The second kappa shape index (κ2) is 11.1. The van der Waals surface area contributed by atoms with Crippen LogP contribution in [0.15, 0.2) is 53.0 Å². The van der Waals surface area contributed by atoms with Crippen molar-refractivity contribution in [2.45, 2.75) is 32.6 Å². The Balaban J connectivity index is 1.39. The van der Waals surface area contributed by atoms with Gasteiger partial charge in [-0.15, -0.1) is 0 Å². The molecule has 0 radical (unpaired) electrons. The summed E-state index contributed by atoms with van der Waals surface area (Å²) in [5, 5.41) is 2.96. The zero-order valence-corrected chi connectivity index (χ0v) is 19.2. The van der Waals surface area contributed by atoms with Crippen molar-refractivity contribution in [3.05, 3.63) is 64.1 Å². The zero-order chi connectivity index (χ0) is 22.2. The highest BCUT2D eigenvalue weighted by Crippen LogP contribution is 2.19. The smallest absolute Gasteiger partial charge is 0.308 e. The fraction of sp³-hybridized carbons (Fsp3) is 0.375. The van der Waals surface area contributed by atoms with Gasteiger partial charge in [-0.3, -0.25) is 14.4 Å². The Labute approximate surface area is 191 Å². The molecule has 0 unspecified atom stereocenters. The van der Waals surface area contributed by atoms with E-state index in [0.29, 0.717) is 30.2 Å². The quantitative estimate of drug-likeness (QED) is 0.474. The van der Waals surface area contributed by atoms with E-state index in [1.807, 2.05) is 29.2 Å². The minimum absolute atomic E-state index is 0.188. The average Bonchev–Trinajstić information content (AvgIpc) is 2.77. The molecule has 0 atom stereocenters. The maximum atomic E-state index is 12.5. The largest absolute Gasteiger partial charge is 0.427 e. The Bertz CT molecular complexity index is 921. The van der Waals surface area contributed by atoms with Crippen LogP contribution in [-0.2, 0) is 16.0 Å². The van der Waals surface area contributed by atoms with Crippen LogP contribution in [0.3, 0.4) is 0 Å². The van der Waals surface area contributed by atoms with E-state index in [1.165, 1.54) is 6.92 Å². The molecule has 2 aromatic carbocycles. The normalized spacial score (nSPS) is 14.2. The molecule has 2 amide bonds. The number of carbonyl (C=O) groups excluding carboxylic acids is 3. The van der Waals surface area contributed by atoms with E-state index < -0.39 is 5.97 Å². The van der Waals surface area contributed by atoms with Crippen molar-refractivity contribution in [1.29, 1.82) is 0 Å². The van der Waals surface area contributed by atoms with E-state index >= 15 is 0 Å². The molecule has 0 saturated carbocycles. The molecule has 31 heavy (non-hydrogen) atoms. The molecule has 1 aliphatic heterocycles. The van der Waals surface area contributed by atoms with Crippen molar-refractivity contribution < 1.29 is 19.1 Å². The number of aryl methyl sites for hydroxylation is 1. The first-order valence-corrected chi connectivity index (χ1v) is 11.3. The van der Waals surface area contributed by atoms with E-state index in [2.05, 4.69) is 21.2 Å². The van der Waals surface area contributed by atoms with Gasteiger partial charge in [0.05, 0.1) is 0 Å². The van der Waals surface area contributed by atoms with Crippen LogP contribution in [0, 0.1) is 5.92 Å². The van der Waals surface area contributed by atoms with Crippen molar-refractivity contribution in [3.8, 4) is 5.75 Å². The Morgan fingerprint density at radius 1 is 1.10 bits per heavy atom. The molecule has 1 aliphatic rings. The van der Waals surface area contributed by atoms with Crippen LogP contribution in [0.4, 0.5) is 0 Å². The second-order valence-corrected chi connectivity index (χ2v) is 8.70. The fourth-order valence-corrected chi connectivity index (χ4v) is 3.92. The van der Waals surface area contributed by atoms with Crippen LogP contribution in [0.1, 0.15) is 42.1 Å². The van der Waals surface area contributed by atoms with Crippen LogP contribution < -0.4 is 10.1 Å². The number of carbonyl (C=O) groups is 3. The Morgan fingerprint density at radius 3 is 2.48 bits per heavy atom. The summed E-state index contributed by atoms with van der Waals surface area (Å²) in [6.45, 7) is 3.34. The number of esters is 1. The summed E-state index contributed by atoms with van der Waals surface area (Å²) in [4.78, 5) is 37.9. The third kappa shape index (κ3) is 7.21. The zero-order valence-electron chi connectivity index (χ0n) is 17.6. The first kappa shape index (κ1) is 23.0. The predicted molar refractivity (Wildman–Crippen MR) is 122 cm³/mol. The third-order valence-electron chi connectivity index (χ3n) is 5.42. The van der Waals surface area contributed by atoms with Crippen LogP contribution in [-0.4, -0.2) is 42.3 Å². The Morgan fingerprint density at radius 2 is 1.81 bits per heavy atom. The number of nitrogens with one attached hydrogen (secondary N) is 1. The number of ether oxygens (including phenoxy) is 1. The molecular formula is C24H27BrN2O4. The second-order valence-electron chi connectivity index (χ2n) is 7.78. The minimum atomic E-state index is -0.421. The van der Waals surface area contributed by atoms with Crippen molar-refractivity contribution in [2.24, 2.45) is 5.92 Å². The highest BCUT2D eigenvalue weighted by atomic mass is 79.9. The number of nitrogens with zero attached hydrogens (tertiary/aromatic N) is 1. The molecule has 3 rings (SSSR count). The highest BCUT2D eigenvalue weighted by Gasteiger charge is 2.23. The van der Waals surface area contributed by atoms with E-state index in [9.17, 15) is 14.4 Å². The lowest BCUT2D eigenvalue weighted by atomic mass is 9.96. The maximum absolute atomic E-state index is 12.5. The first-order chi connectivity index (χ1) is 14.9. The molecule has 1 N–H and O–H groups in total. The third-order valence-corrected chi connectivity index (χ3v) is 5.95. The summed E-state index contributed by atoms with van der Waals surface area (Å²) in [5.41, 5.74) is 1.62. The van der Waals surface area contributed by atoms with E-state index in [1.54, 1.807) is 24.3 Å². The Kier molecular flexibility index (Phi) is 8.23. The monoisotopic (exact) mass is 486 g/mol. The molecule has 6 nitrogen and oxygen atoms in total. The van der Waals surface area contributed by atoms with Gasteiger partial charge in [0.15, 0.2) is 0 Å². The molecule has 1 fully saturated rings. The highest BCUT2D eigenvalue weighted by molar-refractivity contribution is 9.10. The minimum Gasteiger partial charge on any atom is -0.427 e. The van der Waals surface area contributed by atoms with Crippen molar-refractivity contribution >= 4 is 33.7 Å². The van der Waals surface area contributed by atoms with Crippen molar-refractivity contribution in [1.82, 2.24) is 10.2 Å². The van der Waals surface area contributed by atoms with Gasteiger partial charge in [-0.25, -0.2) is 0 Å². The first-order valence-electron chi connectivity index (χ1n) is 10.5. The number of amides is 2. The van der Waals surface area contributed by atoms with Gasteiger partial charge in [0.2, 0.25) is 5.91 Å². The van der Waals surface area contributed by atoms with Crippen LogP contribution >= 0.6 is 15.9 Å². The number of benzene rings is 2. The van der Waals surface area contributed by atoms with Gasteiger partial charge in [-0.05, 0) is 61.1 Å². The standard InChI is InChI=1S/C24H27BrN2O4/c1-17(28)31-22-4-2-3-20(15-22)24(30)26-16-19-11-13-27(14-12-19)23(29)10-7-18-5-8-21(25)9-6-18/h2-6,8-9,15,19H,7,10-14,16H2,1H3,(H,26,30). The van der Waals surface area contributed by atoms with E-state index in [4.69, 9.17) is 4.74 Å². The molecule has 1 saturated heterocycles. The number of piperidine rings is 1. The molecule has 0 aromatic heterocycles. The lowest BCUT2D eigenvalue weighted by Gasteiger charge is -2.32. The molecule has 1 heterocycles. The number of rotatable bonds is 7. The molecule has 164 valence electrons. The SMILES string of the molecule is CC(=O)Oc1cccc(C(=O)NCC2CCN(C(=O)CCc3ccc(Br)cc3)CC2)c1. The van der Waals surface area contributed by atoms with Gasteiger partial charge < -0.3 is 15.0 Å². The van der Waals surface area contributed by atoms with Gasteiger partial charge in [-0.2, -0.15) is 0 Å². The summed E-state index contributed by atoms with van der Waals surface area (Å²) >= 11 is 3.42. The predicted octanol–water partition coefficient (Wildman–Crippen LogP) is 3.98. The van der Waals surface area contributed by atoms with E-state index in [0.717, 1.165) is 42.4 Å². The molecule has 0 bridgehead atoms. The summed E-state index contributed by atoms with van der Waals surface area (Å²) in [7, 11) is 0. The topological polar surface area (TPSA) is 75.7 Å². The lowest BCUT2D eigenvalue weighted by Crippen LogP contribution is -2.41.